The number of pyridine rings is 1. The second-order valence-corrected chi connectivity index (χ2v) is 7.99. The highest BCUT2D eigenvalue weighted by Crippen LogP contribution is 2.34. The lowest BCUT2D eigenvalue weighted by molar-refractivity contribution is -0.137. The lowest BCUT2D eigenvalue weighted by Crippen LogP contribution is -2.38. The first-order chi connectivity index (χ1) is 17.2. The van der Waals surface area contributed by atoms with Crippen molar-refractivity contribution in [3.8, 4) is 11.3 Å². The molecule has 0 spiro atoms. The third-order valence-corrected chi connectivity index (χ3v) is 5.60. The molecule has 0 aliphatic carbocycles. The number of likely N-dealkylation sites (N-methyl/N-ethyl adjacent to an activating group) is 1. The van der Waals surface area contributed by atoms with E-state index in [0.29, 0.717) is 22.2 Å². The minimum absolute atomic E-state index is 0.135. The molecule has 9 heteroatoms. The number of alkyl halides is 3. The summed E-state index contributed by atoms with van der Waals surface area (Å²) >= 11 is 0. The number of nitrogens with one attached hydrogen (secondary N) is 1. The smallest absolute Gasteiger partial charge is 0.330 e. The van der Waals surface area contributed by atoms with E-state index in [2.05, 4.69) is 10.3 Å². The van der Waals surface area contributed by atoms with Crippen molar-refractivity contribution in [1.29, 1.82) is 0 Å². The average Bonchev–Trinajstić information content (AvgIpc) is 2.86. The number of rotatable bonds is 6. The quantitative estimate of drug-likeness (QED) is 0.326. The van der Waals surface area contributed by atoms with Crippen LogP contribution in [-0.4, -0.2) is 34.8 Å². The highest BCUT2D eigenvalue weighted by atomic mass is 19.4. The molecule has 0 aliphatic heterocycles. The molecule has 0 aliphatic rings. The van der Waals surface area contributed by atoms with Crippen molar-refractivity contribution in [2.45, 2.75) is 13.1 Å². The summed E-state index contributed by atoms with van der Waals surface area (Å²) < 4.78 is 53.2. The minimum atomic E-state index is -4.64. The summed E-state index contributed by atoms with van der Waals surface area (Å²) in [4.78, 5) is 32.0. The molecule has 184 valence electrons. The summed E-state index contributed by atoms with van der Waals surface area (Å²) in [6, 6.07) is 18.8. The van der Waals surface area contributed by atoms with Gasteiger partial charge in [-0.1, -0.05) is 30.3 Å². The predicted molar refractivity (Wildman–Crippen MR) is 129 cm³/mol. The molecule has 5 nitrogen and oxygen atoms in total. The SMILES string of the molecule is CCN(CC(=O)Nc1ccccc1C(F)(F)F)C(=O)c1cc(-c2ccc(F)cc2)nc2ccccc12. The molecule has 0 radical (unpaired) electrons. The Balaban J connectivity index is 1.64. The van der Waals surface area contributed by atoms with Crippen molar-refractivity contribution in [3.63, 3.8) is 0 Å². The lowest BCUT2D eigenvalue weighted by Gasteiger charge is -2.22. The zero-order valence-corrected chi connectivity index (χ0v) is 19.1. The van der Waals surface area contributed by atoms with E-state index in [4.69, 9.17) is 0 Å². The van der Waals surface area contributed by atoms with E-state index in [9.17, 15) is 27.2 Å². The highest BCUT2D eigenvalue weighted by molar-refractivity contribution is 6.08. The lowest BCUT2D eigenvalue weighted by atomic mass is 10.0. The van der Waals surface area contributed by atoms with Gasteiger partial charge in [-0.05, 0) is 55.5 Å². The monoisotopic (exact) mass is 495 g/mol. The number of amides is 2. The van der Waals surface area contributed by atoms with Crippen LogP contribution in [0, 0.1) is 5.82 Å². The molecule has 4 aromatic rings. The van der Waals surface area contributed by atoms with Crippen LogP contribution in [0.15, 0.2) is 78.9 Å². The van der Waals surface area contributed by atoms with Gasteiger partial charge in [0.25, 0.3) is 5.91 Å². The van der Waals surface area contributed by atoms with Crippen molar-refractivity contribution in [3.05, 3.63) is 95.8 Å². The number of nitrogens with zero attached hydrogens (tertiary/aromatic N) is 2. The van der Waals surface area contributed by atoms with E-state index < -0.39 is 35.9 Å². The fourth-order valence-electron chi connectivity index (χ4n) is 3.82. The standard InChI is InChI=1S/C27H21F4N3O2/c1-2-34(16-25(35)33-23-10-6-4-8-21(23)27(29,30)31)26(36)20-15-24(17-11-13-18(28)14-12-17)32-22-9-5-3-7-19(20)22/h3-15H,2,16H2,1H3,(H,33,35). The molecule has 36 heavy (non-hydrogen) atoms. The molecule has 1 aromatic heterocycles. The Hall–Kier alpha value is -4.27. The van der Waals surface area contributed by atoms with Crippen LogP contribution >= 0.6 is 0 Å². The van der Waals surface area contributed by atoms with Crippen LogP contribution < -0.4 is 5.32 Å². The van der Waals surface area contributed by atoms with Crippen LogP contribution in [0.1, 0.15) is 22.8 Å². The first-order valence-electron chi connectivity index (χ1n) is 11.1. The van der Waals surface area contributed by atoms with Gasteiger partial charge in [0, 0.05) is 17.5 Å². The van der Waals surface area contributed by atoms with Crippen LogP contribution in [0.5, 0.6) is 0 Å². The Morgan fingerprint density at radius 3 is 2.31 bits per heavy atom. The van der Waals surface area contributed by atoms with Crippen LogP contribution in [0.3, 0.4) is 0 Å². The number of carbonyl (C=O) groups excluding carboxylic acids is 2. The molecule has 1 heterocycles. The highest BCUT2D eigenvalue weighted by Gasteiger charge is 2.33. The van der Waals surface area contributed by atoms with E-state index >= 15 is 0 Å². The van der Waals surface area contributed by atoms with Crippen molar-refractivity contribution < 1.29 is 27.2 Å². The zero-order chi connectivity index (χ0) is 25.9. The van der Waals surface area contributed by atoms with Gasteiger partial charge < -0.3 is 10.2 Å². The summed E-state index contributed by atoms with van der Waals surface area (Å²) in [6.07, 6.45) is -4.64. The average molecular weight is 495 g/mol. The normalized spacial score (nSPS) is 11.4. The maximum Gasteiger partial charge on any atom is 0.418 e. The van der Waals surface area contributed by atoms with Gasteiger partial charge in [0.05, 0.1) is 28.0 Å². The molecule has 4 rings (SSSR count). The van der Waals surface area contributed by atoms with Crippen molar-refractivity contribution >= 4 is 28.4 Å². The van der Waals surface area contributed by atoms with Gasteiger partial charge in [-0.25, -0.2) is 9.37 Å². The third kappa shape index (κ3) is 5.35. The predicted octanol–water partition coefficient (Wildman–Crippen LogP) is 6.16. The number of aromatic nitrogens is 1. The Morgan fingerprint density at radius 1 is 0.944 bits per heavy atom. The van der Waals surface area contributed by atoms with Gasteiger partial charge in [0.2, 0.25) is 5.91 Å². The molecular weight excluding hydrogens is 474 g/mol. The number of benzene rings is 3. The van der Waals surface area contributed by atoms with Gasteiger partial charge in [0.1, 0.15) is 12.4 Å². The maximum atomic E-state index is 13.5. The largest absolute Gasteiger partial charge is 0.418 e. The number of carbonyl (C=O) groups is 2. The van der Waals surface area contributed by atoms with Gasteiger partial charge >= 0.3 is 6.18 Å². The third-order valence-electron chi connectivity index (χ3n) is 5.60. The van der Waals surface area contributed by atoms with Gasteiger partial charge in [-0.3, -0.25) is 9.59 Å². The Kier molecular flexibility index (Phi) is 7.00. The Labute approximate surface area is 204 Å². The molecule has 0 saturated carbocycles. The van der Waals surface area contributed by atoms with Gasteiger partial charge in [-0.2, -0.15) is 13.2 Å². The van der Waals surface area contributed by atoms with Crippen LogP contribution in [0.25, 0.3) is 22.2 Å². The fourth-order valence-corrected chi connectivity index (χ4v) is 3.82. The number of para-hydroxylation sites is 2. The molecule has 0 bridgehead atoms. The number of fused-ring (bicyclic) bond motifs is 1. The summed E-state index contributed by atoms with van der Waals surface area (Å²) in [6.45, 7) is 1.35. The Morgan fingerprint density at radius 2 is 1.61 bits per heavy atom. The van der Waals surface area contributed by atoms with Crippen molar-refractivity contribution in [2.75, 3.05) is 18.4 Å². The van der Waals surface area contributed by atoms with Crippen LogP contribution in [-0.2, 0) is 11.0 Å². The fraction of sp³-hybridized carbons (Fsp3) is 0.148. The van der Waals surface area contributed by atoms with Crippen molar-refractivity contribution in [1.82, 2.24) is 9.88 Å². The van der Waals surface area contributed by atoms with E-state index in [1.54, 1.807) is 49.4 Å². The number of anilines is 1. The van der Waals surface area contributed by atoms with E-state index in [0.717, 1.165) is 12.1 Å². The topological polar surface area (TPSA) is 62.3 Å². The summed E-state index contributed by atoms with van der Waals surface area (Å²) in [5.41, 5.74) is 0.480. The molecule has 3 aromatic carbocycles. The summed E-state index contributed by atoms with van der Waals surface area (Å²) in [7, 11) is 0. The molecule has 0 unspecified atom stereocenters. The Bertz CT molecular complexity index is 1420. The van der Waals surface area contributed by atoms with Crippen LogP contribution in [0.2, 0.25) is 0 Å². The molecule has 0 fully saturated rings. The van der Waals surface area contributed by atoms with Crippen molar-refractivity contribution in [2.24, 2.45) is 0 Å². The van der Waals surface area contributed by atoms with Gasteiger partial charge in [0.15, 0.2) is 0 Å². The summed E-state index contributed by atoms with van der Waals surface area (Å²) in [5.74, 6) is -1.66. The van der Waals surface area contributed by atoms with Gasteiger partial charge in [-0.15, -0.1) is 0 Å². The number of hydrogen-bond donors (Lipinski definition) is 1. The molecule has 0 saturated heterocycles. The number of halogens is 4. The van der Waals surface area contributed by atoms with E-state index in [-0.39, 0.29) is 17.8 Å². The minimum Gasteiger partial charge on any atom is -0.330 e. The second-order valence-electron chi connectivity index (χ2n) is 7.99. The summed E-state index contributed by atoms with van der Waals surface area (Å²) in [5, 5.41) is 2.82. The first-order valence-corrected chi connectivity index (χ1v) is 11.1. The molecule has 0 atom stereocenters. The maximum absolute atomic E-state index is 13.5. The molecular formula is C27H21F4N3O2. The number of hydrogen-bond acceptors (Lipinski definition) is 3. The first kappa shape index (κ1) is 24.8. The van der Waals surface area contributed by atoms with E-state index in [1.807, 2.05) is 0 Å². The molecule has 2 amide bonds. The van der Waals surface area contributed by atoms with E-state index in [1.165, 1.54) is 29.2 Å². The zero-order valence-electron chi connectivity index (χ0n) is 19.1. The second kappa shape index (κ2) is 10.2. The molecule has 1 N–H and O–H groups in total. The van der Waals surface area contributed by atoms with Crippen LogP contribution in [0.4, 0.5) is 23.2 Å².